The molecule has 0 spiro atoms. The molecule has 0 unspecified atom stereocenters. The van der Waals surface area contributed by atoms with Gasteiger partial charge in [-0.2, -0.15) is 0 Å². The van der Waals surface area contributed by atoms with Gasteiger partial charge in [-0.25, -0.2) is 4.98 Å². The van der Waals surface area contributed by atoms with Gasteiger partial charge in [-0.1, -0.05) is 31.0 Å². The van der Waals surface area contributed by atoms with E-state index < -0.39 is 0 Å². The number of carbonyl (C=O) groups excluding carboxylic acids is 1. The summed E-state index contributed by atoms with van der Waals surface area (Å²) >= 11 is 0. The number of hydrogen-bond acceptors (Lipinski definition) is 3. The molecule has 0 aliphatic heterocycles. The summed E-state index contributed by atoms with van der Waals surface area (Å²) < 4.78 is 5.28. The summed E-state index contributed by atoms with van der Waals surface area (Å²) in [6, 6.07) is 12.4. The van der Waals surface area contributed by atoms with Gasteiger partial charge in [-0.05, 0) is 41.8 Å². The van der Waals surface area contributed by atoms with Gasteiger partial charge in [0, 0.05) is 18.4 Å². The summed E-state index contributed by atoms with van der Waals surface area (Å²) in [6.45, 7) is 0. The van der Waals surface area contributed by atoms with Crippen LogP contribution < -0.4 is 10.5 Å². The number of fused-ring (bicyclic) bond motifs is 1. The van der Waals surface area contributed by atoms with Crippen LogP contribution in [0.5, 0.6) is 5.75 Å². The van der Waals surface area contributed by atoms with Gasteiger partial charge in [0.2, 0.25) is 5.91 Å². The summed E-state index contributed by atoms with van der Waals surface area (Å²) in [7, 11) is 1.68. The molecule has 1 heterocycles. The molecule has 1 aromatic heterocycles. The Bertz CT molecular complexity index is 886. The van der Waals surface area contributed by atoms with E-state index in [1.165, 1.54) is 5.39 Å². The third-order valence-corrected chi connectivity index (χ3v) is 4.57. The fourth-order valence-corrected chi connectivity index (χ4v) is 3.10. The standard InChI is InChI=1S/C21H25N3O2/c1-26-18-11-10-15-12-17(9-8-16(15)13-18)19-14-23-21(24-19)7-5-3-2-4-6-20(22)25/h8-14H,2-7H2,1H3,(H2,22,25)(H,23,24). The Morgan fingerprint density at radius 3 is 2.65 bits per heavy atom. The number of aryl methyl sites for hydroxylation is 1. The van der Waals surface area contributed by atoms with E-state index in [9.17, 15) is 4.79 Å². The van der Waals surface area contributed by atoms with Crippen molar-refractivity contribution in [1.82, 2.24) is 9.97 Å². The molecule has 136 valence electrons. The van der Waals surface area contributed by atoms with Gasteiger partial charge in [-0.15, -0.1) is 0 Å². The molecular weight excluding hydrogens is 326 g/mol. The van der Waals surface area contributed by atoms with Crippen LogP contribution in [0.2, 0.25) is 0 Å². The zero-order valence-corrected chi connectivity index (χ0v) is 15.1. The van der Waals surface area contributed by atoms with E-state index in [-0.39, 0.29) is 5.91 Å². The van der Waals surface area contributed by atoms with E-state index in [4.69, 9.17) is 10.5 Å². The highest BCUT2D eigenvalue weighted by atomic mass is 16.5. The van der Waals surface area contributed by atoms with Gasteiger partial charge in [0.25, 0.3) is 0 Å². The quantitative estimate of drug-likeness (QED) is 0.566. The molecule has 3 rings (SSSR count). The highest BCUT2D eigenvalue weighted by Gasteiger charge is 2.05. The van der Waals surface area contributed by atoms with E-state index in [1.54, 1.807) is 7.11 Å². The van der Waals surface area contributed by atoms with E-state index in [1.807, 2.05) is 18.3 Å². The Kier molecular flexibility index (Phi) is 5.89. The molecule has 0 bridgehead atoms. The zero-order chi connectivity index (χ0) is 18.4. The van der Waals surface area contributed by atoms with Crippen LogP contribution >= 0.6 is 0 Å². The Morgan fingerprint density at radius 2 is 1.85 bits per heavy atom. The first-order chi connectivity index (χ1) is 12.7. The topological polar surface area (TPSA) is 81.0 Å². The number of nitrogens with two attached hydrogens (primary N) is 1. The third kappa shape index (κ3) is 4.63. The van der Waals surface area contributed by atoms with Crippen LogP contribution in [0.1, 0.15) is 37.9 Å². The van der Waals surface area contributed by atoms with Gasteiger partial charge in [0.15, 0.2) is 0 Å². The smallest absolute Gasteiger partial charge is 0.217 e. The summed E-state index contributed by atoms with van der Waals surface area (Å²) in [5.41, 5.74) is 7.31. The second-order valence-corrected chi connectivity index (χ2v) is 6.55. The fourth-order valence-electron chi connectivity index (χ4n) is 3.10. The summed E-state index contributed by atoms with van der Waals surface area (Å²) in [6.07, 6.45) is 7.35. The van der Waals surface area contributed by atoms with Crippen molar-refractivity contribution in [3.05, 3.63) is 48.4 Å². The Balaban J connectivity index is 1.58. The van der Waals surface area contributed by atoms with Crippen molar-refractivity contribution < 1.29 is 9.53 Å². The molecule has 0 saturated heterocycles. The van der Waals surface area contributed by atoms with E-state index in [2.05, 4.69) is 34.2 Å². The predicted octanol–water partition coefficient (Wildman–Crippen LogP) is 4.22. The predicted molar refractivity (Wildman–Crippen MR) is 104 cm³/mol. The maximum Gasteiger partial charge on any atom is 0.217 e. The lowest BCUT2D eigenvalue weighted by Gasteiger charge is -2.04. The molecule has 2 aromatic carbocycles. The fraction of sp³-hybridized carbons (Fsp3) is 0.333. The average Bonchev–Trinajstić information content (AvgIpc) is 3.12. The van der Waals surface area contributed by atoms with E-state index in [0.717, 1.165) is 60.3 Å². The number of carbonyl (C=O) groups is 1. The molecule has 26 heavy (non-hydrogen) atoms. The number of methoxy groups -OCH3 is 1. The van der Waals surface area contributed by atoms with Gasteiger partial charge >= 0.3 is 0 Å². The Labute approximate surface area is 153 Å². The molecule has 5 heteroatoms. The van der Waals surface area contributed by atoms with Gasteiger partial charge < -0.3 is 15.5 Å². The molecule has 3 N–H and O–H groups in total. The van der Waals surface area contributed by atoms with Crippen molar-refractivity contribution in [1.29, 1.82) is 0 Å². The molecule has 0 saturated carbocycles. The van der Waals surface area contributed by atoms with Crippen LogP contribution in [0.15, 0.2) is 42.6 Å². The molecule has 5 nitrogen and oxygen atoms in total. The molecule has 1 amide bonds. The molecule has 0 aliphatic carbocycles. The number of imidazole rings is 1. The first-order valence-corrected chi connectivity index (χ1v) is 9.06. The number of rotatable bonds is 9. The number of unbranched alkanes of at least 4 members (excludes halogenated alkanes) is 3. The van der Waals surface area contributed by atoms with Crippen molar-refractivity contribution in [3.8, 4) is 17.0 Å². The second-order valence-electron chi connectivity index (χ2n) is 6.55. The van der Waals surface area contributed by atoms with Gasteiger partial charge in [0.05, 0.1) is 19.0 Å². The van der Waals surface area contributed by atoms with Crippen molar-refractivity contribution in [2.75, 3.05) is 7.11 Å². The third-order valence-electron chi connectivity index (χ3n) is 4.57. The van der Waals surface area contributed by atoms with E-state index >= 15 is 0 Å². The number of H-pyrrole nitrogens is 1. The Hall–Kier alpha value is -2.82. The molecule has 0 fully saturated rings. The molecular formula is C21H25N3O2. The van der Waals surface area contributed by atoms with Crippen LogP contribution in [0.3, 0.4) is 0 Å². The van der Waals surface area contributed by atoms with Crippen LogP contribution in [0, 0.1) is 0 Å². The number of aromatic nitrogens is 2. The van der Waals surface area contributed by atoms with Crippen molar-refractivity contribution in [2.45, 2.75) is 38.5 Å². The average molecular weight is 351 g/mol. The maximum atomic E-state index is 10.7. The number of ether oxygens (including phenoxy) is 1. The minimum absolute atomic E-state index is 0.213. The first-order valence-electron chi connectivity index (χ1n) is 9.06. The van der Waals surface area contributed by atoms with Crippen molar-refractivity contribution in [2.24, 2.45) is 5.73 Å². The summed E-state index contributed by atoms with van der Waals surface area (Å²) in [5, 5.41) is 2.33. The normalized spacial score (nSPS) is 11.0. The molecule has 0 atom stereocenters. The summed E-state index contributed by atoms with van der Waals surface area (Å²) in [4.78, 5) is 18.6. The SMILES string of the molecule is COc1ccc2cc(-c3cnc(CCCCCCC(N)=O)[nH]3)ccc2c1. The number of amides is 1. The maximum absolute atomic E-state index is 10.7. The van der Waals surface area contributed by atoms with Crippen LogP contribution in [-0.2, 0) is 11.2 Å². The number of aromatic amines is 1. The first kappa shape index (κ1) is 18.0. The number of benzene rings is 2. The highest BCUT2D eigenvalue weighted by Crippen LogP contribution is 2.26. The Morgan fingerprint density at radius 1 is 1.08 bits per heavy atom. The summed E-state index contributed by atoms with van der Waals surface area (Å²) in [5.74, 6) is 1.66. The van der Waals surface area contributed by atoms with Crippen molar-refractivity contribution >= 4 is 16.7 Å². The number of nitrogens with one attached hydrogen (secondary N) is 1. The van der Waals surface area contributed by atoms with Gasteiger partial charge in [-0.3, -0.25) is 4.79 Å². The number of hydrogen-bond donors (Lipinski definition) is 2. The lowest BCUT2D eigenvalue weighted by atomic mass is 10.1. The molecule has 3 aromatic rings. The molecule has 0 radical (unpaired) electrons. The largest absolute Gasteiger partial charge is 0.497 e. The number of nitrogens with zero attached hydrogens (tertiary/aromatic N) is 1. The monoisotopic (exact) mass is 351 g/mol. The second kappa shape index (κ2) is 8.52. The minimum atomic E-state index is -0.213. The van der Waals surface area contributed by atoms with Crippen LogP contribution in [0.4, 0.5) is 0 Å². The lowest BCUT2D eigenvalue weighted by Crippen LogP contribution is -2.09. The van der Waals surface area contributed by atoms with Crippen LogP contribution in [-0.4, -0.2) is 23.0 Å². The minimum Gasteiger partial charge on any atom is -0.497 e. The van der Waals surface area contributed by atoms with E-state index in [0.29, 0.717) is 6.42 Å². The highest BCUT2D eigenvalue weighted by molar-refractivity contribution is 5.87. The lowest BCUT2D eigenvalue weighted by molar-refractivity contribution is -0.118. The van der Waals surface area contributed by atoms with Gasteiger partial charge in [0.1, 0.15) is 11.6 Å². The molecule has 0 aliphatic rings. The number of primary amides is 1. The van der Waals surface area contributed by atoms with Crippen LogP contribution in [0.25, 0.3) is 22.0 Å². The van der Waals surface area contributed by atoms with Crippen molar-refractivity contribution in [3.63, 3.8) is 0 Å². The zero-order valence-electron chi connectivity index (χ0n) is 15.1.